The first-order valence-electron chi connectivity index (χ1n) is 5.85. The number of methoxy groups -OCH3 is 1. The van der Waals surface area contributed by atoms with E-state index in [2.05, 4.69) is 5.32 Å². The minimum atomic E-state index is -0.783. The SMILES string of the molecule is COc1cccc(OC2CNCCC2(C)O)c1. The van der Waals surface area contributed by atoms with Crippen LogP contribution in [0.3, 0.4) is 0 Å². The molecule has 0 aromatic heterocycles. The lowest BCUT2D eigenvalue weighted by molar-refractivity contribution is -0.0658. The Labute approximate surface area is 102 Å². The summed E-state index contributed by atoms with van der Waals surface area (Å²) in [6.45, 7) is 3.30. The Kier molecular flexibility index (Phi) is 3.54. The van der Waals surface area contributed by atoms with Gasteiger partial charge in [-0.25, -0.2) is 0 Å². The minimum absolute atomic E-state index is 0.233. The topological polar surface area (TPSA) is 50.7 Å². The fourth-order valence-electron chi connectivity index (χ4n) is 1.96. The zero-order chi connectivity index (χ0) is 12.3. The van der Waals surface area contributed by atoms with Gasteiger partial charge in [-0.1, -0.05) is 6.07 Å². The van der Waals surface area contributed by atoms with Crippen LogP contribution in [-0.2, 0) is 0 Å². The van der Waals surface area contributed by atoms with E-state index in [1.807, 2.05) is 31.2 Å². The second-order valence-corrected chi connectivity index (χ2v) is 4.60. The van der Waals surface area contributed by atoms with E-state index >= 15 is 0 Å². The molecular weight excluding hydrogens is 218 g/mol. The van der Waals surface area contributed by atoms with Crippen LogP contribution in [0.4, 0.5) is 0 Å². The highest BCUT2D eigenvalue weighted by Crippen LogP contribution is 2.25. The normalized spacial score (nSPS) is 28.8. The summed E-state index contributed by atoms with van der Waals surface area (Å²) in [5, 5.41) is 13.4. The van der Waals surface area contributed by atoms with Crippen LogP contribution in [0.15, 0.2) is 24.3 Å². The van der Waals surface area contributed by atoms with E-state index in [0.717, 1.165) is 18.0 Å². The van der Waals surface area contributed by atoms with Crippen LogP contribution < -0.4 is 14.8 Å². The van der Waals surface area contributed by atoms with Gasteiger partial charge < -0.3 is 19.9 Å². The Bertz CT molecular complexity index is 379. The Morgan fingerprint density at radius 1 is 1.41 bits per heavy atom. The predicted octanol–water partition coefficient (Wildman–Crippen LogP) is 1.19. The quantitative estimate of drug-likeness (QED) is 0.829. The van der Waals surface area contributed by atoms with Crippen LogP contribution in [0.25, 0.3) is 0 Å². The van der Waals surface area contributed by atoms with Gasteiger partial charge in [0.25, 0.3) is 0 Å². The highest BCUT2D eigenvalue weighted by atomic mass is 16.5. The Morgan fingerprint density at radius 3 is 2.88 bits per heavy atom. The number of aliphatic hydroxyl groups is 1. The van der Waals surface area contributed by atoms with Crippen molar-refractivity contribution >= 4 is 0 Å². The Hall–Kier alpha value is -1.26. The van der Waals surface area contributed by atoms with Crippen molar-refractivity contribution in [2.24, 2.45) is 0 Å². The Morgan fingerprint density at radius 2 is 2.18 bits per heavy atom. The third kappa shape index (κ3) is 2.90. The molecule has 1 aliphatic rings. The van der Waals surface area contributed by atoms with Crippen molar-refractivity contribution in [3.8, 4) is 11.5 Å². The summed E-state index contributed by atoms with van der Waals surface area (Å²) < 4.78 is 11.0. The number of nitrogens with one attached hydrogen (secondary N) is 1. The predicted molar refractivity (Wildman–Crippen MR) is 65.5 cm³/mol. The number of ether oxygens (including phenoxy) is 2. The van der Waals surface area contributed by atoms with Crippen LogP contribution in [0.5, 0.6) is 11.5 Å². The van der Waals surface area contributed by atoms with Crippen LogP contribution in [0.1, 0.15) is 13.3 Å². The van der Waals surface area contributed by atoms with Crippen molar-refractivity contribution in [1.82, 2.24) is 5.32 Å². The monoisotopic (exact) mass is 237 g/mol. The van der Waals surface area contributed by atoms with Crippen molar-refractivity contribution < 1.29 is 14.6 Å². The molecule has 0 saturated carbocycles. The van der Waals surface area contributed by atoms with Crippen LogP contribution in [0, 0.1) is 0 Å². The van der Waals surface area contributed by atoms with Crippen molar-refractivity contribution in [3.63, 3.8) is 0 Å². The van der Waals surface area contributed by atoms with Gasteiger partial charge in [-0.2, -0.15) is 0 Å². The zero-order valence-electron chi connectivity index (χ0n) is 10.3. The largest absolute Gasteiger partial charge is 0.497 e. The molecule has 2 N–H and O–H groups in total. The lowest BCUT2D eigenvalue weighted by atomic mass is 9.92. The van der Waals surface area contributed by atoms with Crippen LogP contribution >= 0.6 is 0 Å². The lowest BCUT2D eigenvalue weighted by Gasteiger charge is -2.37. The average Bonchev–Trinajstić information content (AvgIpc) is 2.32. The van der Waals surface area contributed by atoms with Gasteiger partial charge in [0.15, 0.2) is 0 Å². The molecule has 1 aliphatic heterocycles. The van der Waals surface area contributed by atoms with Gasteiger partial charge in [0.2, 0.25) is 0 Å². The summed E-state index contributed by atoms with van der Waals surface area (Å²) in [5.41, 5.74) is -0.783. The van der Waals surface area contributed by atoms with Crippen LogP contribution in [-0.4, -0.2) is 37.0 Å². The van der Waals surface area contributed by atoms with Gasteiger partial charge in [-0.05, 0) is 32.0 Å². The number of hydrogen-bond acceptors (Lipinski definition) is 4. The third-order valence-corrected chi connectivity index (χ3v) is 3.15. The summed E-state index contributed by atoms with van der Waals surface area (Å²) >= 11 is 0. The molecule has 0 spiro atoms. The molecule has 94 valence electrons. The molecule has 17 heavy (non-hydrogen) atoms. The molecule has 1 aromatic carbocycles. The molecule has 2 atom stereocenters. The molecule has 4 nitrogen and oxygen atoms in total. The smallest absolute Gasteiger partial charge is 0.139 e. The van der Waals surface area contributed by atoms with E-state index < -0.39 is 5.60 Å². The molecule has 2 unspecified atom stereocenters. The first-order valence-corrected chi connectivity index (χ1v) is 5.85. The standard InChI is InChI=1S/C13H19NO3/c1-13(15)6-7-14-9-12(13)17-11-5-3-4-10(8-11)16-2/h3-5,8,12,14-15H,6-7,9H2,1-2H3. The van der Waals surface area contributed by atoms with Crippen molar-refractivity contribution in [3.05, 3.63) is 24.3 Å². The summed E-state index contributed by atoms with van der Waals surface area (Å²) in [5.74, 6) is 1.48. The van der Waals surface area contributed by atoms with Crippen molar-refractivity contribution in [1.29, 1.82) is 0 Å². The van der Waals surface area contributed by atoms with Gasteiger partial charge in [-0.15, -0.1) is 0 Å². The lowest BCUT2D eigenvalue weighted by Crippen LogP contribution is -2.54. The third-order valence-electron chi connectivity index (χ3n) is 3.15. The maximum atomic E-state index is 10.2. The molecule has 0 aliphatic carbocycles. The Balaban J connectivity index is 2.08. The highest BCUT2D eigenvalue weighted by Gasteiger charge is 2.36. The first kappa shape index (κ1) is 12.2. The van der Waals surface area contributed by atoms with Crippen LogP contribution in [0.2, 0.25) is 0 Å². The number of benzene rings is 1. The first-order chi connectivity index (χ1) is 8.12. The van der Waals surface area contributed by atoms with E-state index in [9.17, 15) is 5.11 Å². The van der Waals surface area contributed by atoms with Gasteiger partial charge in [0.05, 0.1) is 7.11 Å². The average molecular weight is 237 g/mol. The fraction of sp³-hybridized carbons (Fsp3) is 0.538. The molecule has 0 bridgehead atoms. The maximum absolute atomic E-state index is 10.2. The van der Waals surface area contributed by atoms with E-state index in [1.54, 1.807) is 7.11 Å². The zero-order valence-corrected chi connectivity index (χ0v) is 10.3. The summed E-state index contributed by atoms with van der Waals surface area (Å²) in [6, 6.07) is 7.43. The highest BCUT2D eigenvalue weighted by molar-refractivity contribution is 5.33. The van der Waals surface area contributed by atoms with E-state index in [1.165, 1.54) is 0 Å². The molecule has 1 aromatic rings. The molecule has 1 saturated heterocycles. The molecule has 1 fully saturated rings. The van der Waals surface area contributed by atoms with Crippen molar-refractivity contribution in [2.75, 3.05) is 20.2 Å². The summed E-state index contributed by atoms with van der Waals surface area (Å²) in [6.07, 6.45) is 0.463. The second kappa shape index (κ2) is 4.94. The van der Waals surface area contributed by atoms with Gasteiger partial charge in [0, 0.05) is 12.6 Å². The number of piperidine rings is 1. The number of hydrogen-bond donors (Lipinski definition) is 2. The molecule has 1 heterocycles. The molecule has 4 heteroatoms. The molecular formula is C13H19NO3. The van der Waals surface area contributed by atoms with Gasteiger partial charge >= 0.3 is 0 Å². The fourth-order valence-corrected chi connectivity index (χ4v) is 1.96. The molecule has 0 amide bonds. The van der Waals surface area contributed by atoms with Gasteiger partial charge in [-0.3, -0.25) is 0 Å². The van der Waals surface area contributed by atoms with E-state index in [0.29, 0.717) is 13.0 Å². The molecule has 0 radical (unpaired) electrons. The summed E-state index contributed by atoms with van der Waals surface area (Å²) in [7, 11) is 1.62. The minimum Gasteiger partial charge on any atom is -0.497 e. The number of rotatable bonds is 3. The second-order valence-electron chi connectivity index (χ2n) is 4.60. The van der Waals surface area contributed by atoms with Crippen molar-refractivity contribution in [2.45, 2.75) is 25.0 Å². The van der Waals surface area contributed by atoms with E-state index in [-0.39, 0.29) is 6.10 Å². The van der Waals surface area contributed by atoms with Gasteiger partial charge in [0.1, 0.15) is 23.2 Å². The van der Waals surface area contributed by atoms with E-state index in [4.69, 9.17) is 9.47 Å². The summed E-state index contributed by atoms with van der Waals surface area (Å²) in [4.78, 5) is 0. The molecule has 2 rings (SSSR count). The maximum Gasteiger partial charge on any atom is 0.139 e.